The summed E-state index contributed by atoms with van der Waals surface area (Å²) in [7, 11) is 0. The van der Waals surface area contributed by atoms with Gasteiger partial charge in [-0.15, -0.1) is 0 Å². The molecule has 0 spiro atoms. The van der Waals surface area contributed by atoms with Gasteiger partial charge in [-0.2, -0.15) is 0 Å². The third-order valence-electron chi connectivity index (χ3n) is 5.47. The predicted molar refractivity (Wildman–Crippen MR) is 124 cm³/mol. The van der Waals surface area contributed by atoms with E-state index in [1.165, 1.54) is 19.8 Å². The minimum absolute atomic E-state index is 0.141. The first kappa shape index (κ1) is 21.8. The number of rotatable bonds is 8. The Morgan fingerprint density at radius 3 is 2.41 bits per heavy atom. The first-order chi connectivity index (χ1) is 15.6. The highest BCUT2D eigenvalue weighted by Gasteiger charge is 2.22. The second-order valence-corrected chi connectivity index (χ2v) is 7.98. The van der Waals surface area contributed by atoms with Gasteiger partial charge in [0.25, 0.3) is 5.91 Å². The summed E-state index contributed by atoms with van der Waals surface area (Å²) in [5, 5.41) is 5.73. The van der Waals surface area contributed by atoms with Gasteiger partial charge in [-0.05, 0) is 75.3 Å². The highest BCUT2D eigenvalue weighted by atomic mass is 16.4. The number of amides is 2. The van der Waals surface area contributed by atoms with Crippen molar-refractivity contribution in [3.05, 3.63) is 60.3 Å². The van der Waals surface area contributed by atoms with Crippen molar-refractivity contribution in [1.82, 2.24) is 15.2 Å². The second kappa shape index (κ2) is 10.2. The van der Waals surface area contributed by atoms with Crippen LogP contribution in [0.2, 0.25) is 0 Å². The number of nitrogens with zero attached hydrogens (tertiary/aromatic N) is 2. The van der Waals surface area contributed by atoms with Gasteiger partial charge in [-0.25, -0.2) is 4.98 Å². The Hall–Kier alpha value is -3.45. The molecule has 166 valence electrons. The van der Waals surface area contributed by atoms with Crippen molar-refractivity contribution < 1.29 is 14.0 Å². The monoisotopic (exact) mass is 432 g/mol. The van der Waals surface area contributed by atoms with Crippen LogP contribution in [-0.2, 0) is 4.79 Å². The molecule has 1 aliphatic heterocycles. The van der Waals surface area contributed by atoms with Gasteiger partial charge in [-0.1, -0.05) is 18.2 Å². The van der Waals surface area contributed by atoms with Crippen LogP contribution in [0.1, 0.15) is 36.7 Å². The van der Waals surface area contributed by atoms with E-state index in [0.29, 0.717) is 23.9 Å². The van der Waals surface area contributed by atoms with E-state index in [2.05, 4.69) is 20.5 Å². The average Bonchev–Trinajstić information content (AvgIpc) is 3.48. The van der Waals surface area contributed by atoms with Gasteiger partial charge in [0.1, 0.15) is 0 Å². The summed E-state index contributed by atoms with van der Waals surface area (Å²) in [6, 6.07) is 16.7. The first-order valence-electron chi connectivity index (χ1n) is 11.0. The molecule has 0 aliphatic carbocycles. The molecule has 2 amide bonds. The van der Waals surface area contributed by atoms with Crippen molar-refractivity contribution in [2.45, 2.75) is 26.2 Å². The highest BCUT2D eigenvalue weighted by Crippen LogP contribution is 2.30. The third-order valence-corrected chi connectivity index (χ3v) is 5.47. The van der Waals surface area contributed by atoms with E-state index in [9.17, 15) is 9.59 Å². The van der Waals surface area contributed by atoms with E-state index in [-0.39, 0.29) is 17.5 Å². The Kier molecular flexibility index (Phi) is 6.97. The molecule has 3 aromatic rings. The van der Waals surface area contributed by atoms with Gasteiger partial charge in [0.2, 0.25) is 11.8 Å². The molecule has 2 aromatic carbocycles. The van der Waals surface area contributed by atoms with Gasteiger partial charge in [0.05, 0.1) is 0 Å². The highest BCUT2D eigenvalue weighted by molar-refractivity contribution is 5.98. The Labute approximate surface area is 187 Å². The van der Waals surface area contributed by atoms with Crippen molar-refractivity contribution in [3.63, 3.8) is 0 Å². The number of benzene rings is 2. The molecule has 0 saturated carbocycles. The SMILES string of the molecule is CC(=O)Nc1ccc(-c2oc(-c3ccccc3)nc2C(=O)NCCCN2CCCC2)cc1. The number of aromatic nitrogens is 1. The summed E-state index contributed by atoms with van der Waals surface area (Å²) in [4.78, 5) is 31.2. The molecule has 0 radical (unpaired) electrons. The summed E-state index contributed by atoms with van der Waals surface area (Å²) < 4.78 is 6.05. The quantitative estimate of drug-likeness (QED) is 0.522. The van der Waals surface area contributed by atoms with Crippen LogP contribution in [0.25, 0.3) is 22.8 Å². The molecule has 0 bridgehead atoms. The van der Waals surface area contributed by atoms with E-state index >= 15 is 0 Å². The summed E-state index contributed by atoms with van der Waals surface area (Å²) in [5.41, 5.74) is 2.46. The molecule has 7 nitrogen and oxygen atoms in total. The van der Waals surface area contributed by atoms with Crippen LogP contribution in [0.5, 0.6) is 0 Å². The van der Waals surface area contributed by atoms with E-state index in [0.717, 1.165) is 37.2 Å². The summed E-state index contributed by atoms with van der Waals surface area (Å²) in [6.07, 6.45) is 3.42. The average molecular weight is 433 g/mol. The minimum Gasteiger partial charge on any atom is -0.435 e. The Bertz CT molecular complexity index is 1050. The zero-order valence-corrected chi connectivity index (χ0v) is 18.3. The van der Waals surface area contributed by atoms with Gasteiger partial charge >= 0.3 is 0 Å². The van der Waals surface area contributed by atoms with E-state index in [4.69, 9.17) is 4.42 Å². The standard InChI is InChI=1S/C25H28N4O3/c1-18(30)27-21-12-10-19(11-13-21)23-22(28-25(32-23)20-8-3-2-4-9-20)24(31)26-14-7-17-29-15-5-6-16-29/h2-4,8-13H,5-7,14-17H2,1H3,(H,26,31)(H,27,30). The maximum absolute atomic E-state index is 13.0. The van der Waals surface area contributed by atoms with E-state index in [1.54, 1.807) is 12.1 Å². The predicted octanol–water partition coefficient (Wildman–Crippen LogP) is 4.18. The lowest BCUT2D eigenvalue weighted by Gasteiger charge is -2.14. The number of anilines is 1. The van der Waals surface area contributed by atoms with Crippen LogP contribution < -0.4 is 10.6 Å². The van der Waals surface area contributed by atoms with Crippen LogP contribution in [0.3, 0.4) is 0 Å². The fourth-order valence-electron chi connectivity index (χ4n) is 3.88. The van der Waals surface area contributed by atoms with Crippen molar-refractivity contribution in [1.29, 1.82) is 0 Å². The van der Waals surface area contributed by atoms with Gasteiger partial charge in [0, 0.05) is 30.3 Å². The molecule has 1 aromatic heterocycles. The second-order valence-electron chi connectivity index (χ2n) is 7.98. The Balaban J connectivity index is 1.53. The van der Waals surface area contributed by atoms with E-state index in [1.807, 2.05) is 42.5 Å². The maximum atomic E-state index is 13.0. The fraction of sp³-hybridized carbons (Fsp3) is 0.320. The fourth-order valence-corrected chi connectivity index (χ4v) is 3.88. The number of carbonyl (C=O) groups is 2. The minimum atomic E-state index is -0.252. The lowest BCUT2D eigenvalue weighted by Crippen LogP contribution is -2.29. The number of likely N-dealkylation sites (tertiary alicyclic amines) is 1. The Morgan fingerprint density at radius 1 is 1.00 bits per heavy atom. The van der Waals surface area contributed by atoms with E-state index < -0.39 is 0 Å². The van der Waals surface area contributed by atoms with Crippen molar-refractivity contribution >= 4 is 17.5 Å². The molecule has 1 saturated heterocycles. The number of hydrogen-bond acceptors (Lipinski definition) is 5. The molecule has 1 fully saturated rings. The van der Waals surface area contributed by atoms with Crippen LogP contribution in [0.4, 0.5) is 5.69 Å². The largest absolute Gasteiger partial charge is 0.435 e. The molecule has 2 N–H and O–H groups in total. The summed E-state index contributed by atoms with van der Waals surface area (Å²) >= 11 is 0. The molecular formula is C25H28N4O3. The van der Waals surface area contributed by atoms with Crippen LogP contribution >= 0.6 is 0 Å². The van der Waals surface area contributed by atoms with Crippen LogP contribution in [0.15, 0.2) is 59.0 Å². The molecule has 1 aliphatic rings. The van der Waals surface area contributed by atoms with Crippen molar-refractivity contribution in [2.75, 3.05) is 31.5 Å². The summed E-state index contributed by atoms with van der Waals surface area (Å²) in [5.74, 6) is 0.417. The number of nitrogens with one attached hydrogen (secondary N) is 2. The van der Waals surface area contributed by atoms with Gasteiger partial charge in [0.15, 0.2) is 11.5 Å². The lowest BCUT2D eigenvalue weighted by molar-refractivity contribution is -0.114. The first-order valence-corrected chi connectivity index (χ1v) is 11.0. The molecule has 0 atom stereocenters. The zero-order valence-electron chi connectivity index (χ0n) is 18.3. The number of hydrogen-bond donors (Lipinski definition) is 2. The van der Waals surface area contributed by atoms with Crippen LogP contribution in [0, 0.1) is 0 Å². The summed E-state index contributed by atoms with van der Waals surface area (Å²) in [6.45, 7) is 5.34. The van der Waals surface area contributed by atoms with Gasteiger partial charge < -0.3 is 20.0 Å². The lowest BCUT2D eigenvalue weighted by atomic mass is 10.1. The third kappa shape index (κ3) is 5.42. The van der Waals surface area contributed by atoms with Crippen molar-refractivity contribution in [2.24, 2.45) is 0 Å². The van der Waals surface area contributed by atoms with Crippen LogP contribution in [-0.4, -0.2) is 47.9 Å². The molecule has 32 heavy (non-hydrogen) atoms. The molecule has 0 unspecified atom stereocenters. The Morgan fingerprint density at radius 2 is 1.72 bits per heavy atom. The molecular weight excluding hydrogens is 404 g/mol. The smallest absolute Gasteiger partial charge is 0.273 e. The van der Waals surface area contributed by atoms with Gasteiger partial charge in [-0.3, -0.25) is 9.59 Å². The maximum Gasteiger partial charge on any atom is 0.273 e. The van der Waals surface area contributed by atoms with Crippen molar-refractivity contribution in [3.8, 4) is 22.8 Å². The molecule has 4 rings (SSSR count). The number of oxazole rings is 1. The number of carbonyl (C=O) groups excluding carboxylic acids is 2. The normalized spacial score (nSPS) is 13.8. The topological polar surface area (TPSA) is 87.5 Å². The molecule has 7 heteroatoms. The zero-order chi connectivity index (χ0) is 22.3. The molecule has 2 heterocycles.